The average molecular weight is 163 g/mol. The van der Waals surface area contributed by atoms with Crippen molar-refractivity contribution in [2.45, 2.75) is 13.0 Å². The van der Waals surface area contributed by atoms with Gasteiger partial charge >= 0.3 is 0 Å². The highest BCUT2D eigenvalue weighted by molar-refractivity contribution is 5.51. The Hall–Kier alpha value is -1.44. The van der Waals surface area contributed by atoms with E-state index in [2.05, 4.69) is 6.58 Å². The highest BCUT2D eigenvalue weighted by Gasteiger charge is 2.00. The number of anilines is 1. The van der Waals surface area contributed by atoms with Crippen LogP contribution in [0.25, 0.3) is 0 Å². The van der Waals surface area contributed by atoms with Gasteiger partial charge in [-0.25, -0.2) is 0 Å². The number of ether oxygens (including phenoxy) is 1. The minimum atomic E-state index is -0.00491. The van der Waals surface area contributed by atoms with Crippen molar-refractivity contribution >= 4 is 5.69 Å². The van der Waals surface area contributed by atoms with Crippen LogP contribution in [0.1, 0.15) is 6.92 Å². The summed E-state index contributed by atoms with van der Waals surface area (Å²) in [5, 5.41) is 0. The Morgan fingerprint density at radius 1 is 1.50 bits per heavy atom. The van der Waals surface area contributed by atoms with Gasteiger partial charge in [-0.3, -0.25) is 0 Å². The highest BCUT2D eigenvalue weighted by Crippen LogP contribution is 2.20. The SMILES string of the molecule is C=C[C@@H](C)Oc1ccccc1N. The van der Waals surface area contributed by atoms with E-state index in [1.165, 1.54) is 0 Å². The molecule has 0 aromatic heterocycles. The number of benzene rings is 1. The van der Waals surface area contributed by atoms with Crippen molar-refractivity contribution in [1.29, 1.82) is 0 Å². The van der Waals surface area contributed by atoms with Gasteiger partial charge in [-0.15, -0.1) is 0 Å². The summed E-state index contributed by atoms with van der Waals surface area (Å²) in [6.07, 6.45) is 1.72. The summed E-state index contributed by atoms with van der Waals surface area (Å²) in [4.78, 5) is 0. The molecule has 12 heavy (non-hydrogen) atoms. The Morgan fingerprint density at radius 3 is 2.75 bits per heavy atom. The summed E-state index contributed by atoms with van der Waals surface area (Å²) in [7, 11) is 0. The zero-order valence-electron chi connectivity index (χ0n) is 7.16. The lowest BCUT2D eigenvalue weighted by atomic mass is 10.3. The minimum absolute atomic E-state index is 0.00491. The fourth-order valence-corrected chi connectivity index (χ4v) is 0.836. The lowest BCUT2D eigenvalue weighted by molar-refractivity contribution is 0.272. The molecular weight excluding hydrogens is 150 g/mol. The van der Waals surface area contributed by atoms with Crippen LogP contribution in [0.4, 0.5) is 5.69 Å². The van der Waals surface area contributed by atoms with Gasteiger partial charge < -0.3 is 10.5 Å². The minimum Gasteiger partial charge on any atom is -0.485 e. The van der Waals surface area contributed by atoms with E-state index in [9.17, 15) is 0 Å². The van der Waals surface area contributed by atoms with Gasteiger partial charge in [0.1, 0.15) is 11.9 Å². The molecule has 1 aromatic rings. The van der Waals surface area contributed by atoms with E-state index in [-0.39, 0.29) is 6.10 Å². The summed E-state index contributed by atoms with van der Waals surface area (Å²) in [6, 6.07) is 7.42. The Bertz CT molecular complexity index is 270. The zero-order valence-corrected chi connectivity index (χ0v) is 7.16. The molecule has 0 aliphatic carbocycles. The predicted molar refractivity (Wildman–Crippen MR) is 51.1 cm³/mol. The third-order valence-corrected chi connectivity index (χ3v) is 1.56. The molecule has 0 bridgehead atoms. The van der Waals surface area contributed by atoms with Gasteiger partial charge in [0, 0.05) is 0 Å². The quantitative estimate of drug-likeness (QED) is 0.547. The molecule has 0 amide bonds. The summed E-state index contributed by atoms with van der Waals surface area (Å²) < 4.78 is 5.45. The van der Waals surface area contributed by atoms with Gasteiger partial charge in [-0.2, -0.15) is 0 Å². The van der Waals surface area contributed by atoms with E-state index < -0.39 is 0 Å². The first kappa shape index (κ1) is 8.65. The average Bonchev–Trinajstić information content (AvgIpc) is 2.09. The second-order valence-electron chi connectivity index (χ2n) is 2.60. The Balaban J connectivity index is 2.75. The molecule has 0 aliphatic rings. The fraction of sp³-hybridized carbons (Fsp3) is 0.200. The maximum absolute atomic E-state index is 5.66. The van der Waals surface area contributed by atoms with Crippen LogP contribution in [0, 0.1) is 0 Å². The Morgan fingerprint density at radius 2 is 2.17 bits per heavy atom. The van der Waals surface area contributed by atoms with Crippen molar-refractivity contribution in [2.75, 3.05) is 5.73 Å². The molecule has 0 saturated heterocycles. The van der Waals surface area contributed by atoms with E-state index in [0.717, 1.165) is 0 Å². The zero-order chi connectivity index (χ0) is 8.97. The van der Waals surface area contributed by atoms with Gasteiger partial charge in [0.25, 0.3) is 0 Å². The van der Waals surface area contributed by atoms with Gasteiger partial charge in [-0.1, -0.05) is 24.8 Å². The first-order valence-electron chi connectivity index (χ1n) is 3.87. The molecule has 2 N–H and O–H groups in total. The molecule has 0 fully saturated rings. The van der Waals surface area contributed by atoms with Gasteiger partial charge in [0.15, 0.2) is 0 Å². The van der Waals surface area contributed by atoms with Gasteiger partial charge in [0.2, 0.25) is 0 Å². The van der Waals surface area contributed by atoms with Crippen LogP contribution in [0.3, 0.4) is 0 Å². The lowest BCUT2D eigenvalue weighted by Crippen LogP contribution is -2.08. The maximum atomic E-state index is 5.66. The van der Waals surface area contributed by atoms with Crippen LogP contribution < -0.4 is 10.5 Å². The molecule has 0 aliphatic heterocycles. The van der Waals surface area contributed by atoms with Crippen LogP contribution in [-0.4, -0.2) is 6.10 Å². The van der Waals surface area contributed by atoms with E-state index in [4.69, 9.17) is 10.5 Å². The second-order valence-corrected chi connectivity index (χ2v) is 2.60. The number of rotatable bonds is 3. The van der Waals surface area contributed by atoms with Crippen molar-refractivity contribution < 1.29 is 4.74 Å². The predicted octanol–water partition coefficient (Wildman–Crippen LogP) is 2.22. The number of hydrogen-bond acceptors (Lipinski definition) is 2. The molecule has 64 valence electrons. The molecular formula is C10H13NO. The van der Waals surface area contributed by atoms with Crippen LogP contribution in [0.5, 0.6) is 5.75 Å². The van der Waals surface area contributed by atoms with E-state index >= 15 is 0 Å². The third-order valence-electron chi connectivity index (χ3n) is 1.56. The molecule has 1 rings (SSSR count). The third kappa shape index (κ3) is 2.02. The molecule has 1 atom stereocenters. The van der Waals surface area contributed by atoms with Crippen LogP contribution in [-0.2, 0) is 0 Å². The molecule has 0 saturated carbocycles. The lowest BCUT2D eigenvalue weighted by Gasteiger charge is -2.11. The summed E-state index contributed by atoms with van der Waals surface area (Å²) in [6.45, 7) is 5.54. The molecule has 0 unspecified atom stereocenters. The van der Waals surface area contributed by atoms with E-state index in [1.807, 2.05) is 31.2 Å². The normalized spacial score (nSPS) is 12.1. The van der Waals surface area contributed by atoms with E-state index in [0.29, 0.717) is 11.4 Å². The first-order valence-corrected chi connectivity index (χ1v) is 3.87. The van der Waals surface area contributed by atoms with Crippen molar-refractivity contribution in [3.8, 4) is 5.75 Å². The van der Waals surface area contributed by atoms with Crippen LogP contribution in [0.15, 0.2) is 36.9 Å². The first-order chi connectivity index (χ1) is 5.74. The fourth-order valence-electron chi connectivity index (χ4n) is 0.836. The summed E-state index contributed by atoms with van der Waals surface area (Å²) in [5.41, 5.74) is 6.32. The van der Waals surface area contributed by atoms with Crippen LogP contribution in [0.2, 0.25) is 0 Å². The van der Waals surface area contributed by atoms with Crippen molar-refractivity contribution in [3.05, 3.63) is 36.9 Å². The van der Waals surface area contributed by atoms with Crippen molar-refractivity contribution in [3.63, 3.8) is 0 Å². The van der Waals surface area contributed by atoms with Crippen molar-refractivity contribution in [2.24, 2.45) is 0 Å². The largest absolute Gasteiger partial charge is 0.485 e. The number of para-hydroxylation sites is 2. The maximum Gasteiger partial charge on any atom is 0.143 e. The topological polar surface area (TPSA) is 35.2 Å². The van der Waals surface area contributed by atoms with Gasteiger partial charge in [-0.05, 0) is 19.1 Å². The second kappa shape index (κ2) is 3.81. The van der Waals surface area contributed by atoms with Crippen molar-refractivity contribution in [1.82, 2.24) is 0 Å². The Labute approximate surface area is 72.7 Å². The van der Waals surface area contributed by atoms with E-state index in [1.54, 1.807) is 6.08 Å². The smallest absolute Gasteiger partial charge is 0.143 e. The van der Waals surface area contributed by atoms with Gasteiger partial charge in [0.05, 0.1) is 5.69 Å². The van der Waals surface area contributed by atoms with Crippen LogP contribution >= 0.6 is 0 Å². The number of hydrogen-bond donors (Lipinski definition) is 1. The molecule has 0 spiro atoms. The molecule has 2 nitrogen and oxygen atoms in total. The molecule has 0 radical (unpaired) electrons. The highest BCUT2D eigenvalue weighted by atomic mass is 16.5. The molecule has 2 heteroatoms. The Kier molecular flexibility index (Phi) is 2.75. The number of nitrogens with two attached hydrogens (primary N) is 1. The number of nitrogen functional groups attached to an aromatic ring is 1. The molecule has 0 heterocycles. The summed E-state index contributed by atoms with van der Waals surface area (Å²) >= 11 is 0. The molecule has 1 aromatic carbocycles. The standard InChI is InChI=1S/C10H13NO/c1-3-8(2)12-10-7-5-4-6-9(10)11/h3-8H,1,11H2,2H3/t8-/m1/s1. The monoisotopic (exact) mass is 163 g/mol. The summed E-state index contributed by atoms with van der Waals surface area (Å²) in [5.74, 6) is 0.713.